The molecule has 0 saturated carbocycles. The van der Waals surface area contributed by atoms with E-state index >= 15 is 0 Å². The van der Waals surface area contributed by atoms with Gasteiger partial charge in [-0.25, -0.2) is 8.78 Å². The molecule has 2 aromatic rings. The average molecular weight is 332 g/mol. The van der Waals surface area contributed by atoms with Crippen molar-refractivity contribution in [3.63, 3.8) is 0 Å². The third kappa shape index (κ3) is 3.95. The van der Waals surface area contributed by atoms with E-state index in [9.17, 15) is 18.4 Å². The third-order valence-corrected chi connectivity index (χ3v) is 3.55. The van der Waals surface area contributed by atoms with E-state index in [1.807, 2.05) is 26.0 Å². The molecule has 2 aromatic carbocycles. The number of para-hydroxylation sites is 1. The summed E-state index contributed by atoms with van der Waals surface area (Å²) in [4.78, 5) is 24.8. The third-order valence-electron chi connectivity index (χ3n) is 3.55. The molecule has 0 radical (unpaired) electrons. The van der Waals surface area contributed by atoms with Crippen LogP contribution in [-0.4, -0.2) is 18.4 Å². The van der Waals surface area contributed by atoms with E-state index in [0.29, 0.717) is 5.69 Å². The fourth-order valence-electron chi connectivity index (χ4n) is 2.38. The Labute approximate surface area is 139 Å². The molecule has 0 bridgehead atoms. The maximum absolute atomic E-state index is 13.9. The maximum atomic E-state index is 13.9. The molecule has 1 N–H and O–H groups in total. The van der Waals surface area contributed by atoms with Crippen LogP contribution in [-0.2, 0) is 9.59 Å². The standard InChI is InChI=1S/C18H18F2N2O2/c1-11-7-8-16(12(2)9-11)21-17(24)10-22(13(3)23)18-14(19)5-4-6-15(18)20/h4-9H,10H2,1-3H3,(H,21,24). The Morgan fingerprint density at radius 3 is 2.25 bits per heavy atom. The average Bonchev–Trinajstić information content (AvgIpc) is 2.48. The molecule has 0 aromatic heterocycles. The molecule has 0 aliphatic carbocycles. The first-order valence-electron chi connectivity index (χ1n) is 7.39. The number of hydrogen-bond acceptors (Lipinski definition) is 2. The zero-order valence-electron chi connectivity index (χ0n) is 13.7. The zero-order valence-corrected chi connectivity index (χ0v) is 13.7. The van der Waals surface area contributed by atoms with Gasteiger partial charge in [0.25, 0.3) is 0 Å². The number of halogens is 2. The van der Waals surface area contributed by atoms with E-state index in [1.54, 1.807) is 6.07 Å². The lowest BCUT2D eigenvalue weighted by atomic mass is 10.1. The minimum Gasteiger partial charge on any atom is -0.324 e. The number of carbonyl (C=O) groups is 2. The van der Waals surface area contributed by atoms with Gasteiger partial charge in [-0.3, -0.25) is 14.5 Å². The number of amides is 2. The summed E-state index contributed by atoms with van der Waals surface area (Å²) >= 11 is 0. The maximum Gasteiger partial charge on any atom is 0.244 e. The predicted molar refractivity (Wildman–Crippen MR) is 88.9 cm³/mol. The second kappa shape index (κ2) is 7.21. The summed E-state index contributed by atoms with van der Waals surface area (Å²) in [5, 5.41) is 2.65. The highest BCUT2D eigenvalue weighted by Crippen LogP contribution is 2.23. The van der Waals surface area contributed by atoms with Gasteiger partial charge >= 0.3 is 0 Å². The molecule has 0 atom stereocenters. The Morgan fingerprint density at radius 1 is 1.08 bits per heavy atom. The zero-order chi connectivity index (χ0) is 17.9. The van der Waals surface area contributed by atoms with Crippen LogP contribution in [0.1, 0.15) is 18.1 Å². The predicted octanol–water partition coefficient (Wildman–Crippen LogP) is 3.57. The van der Waals surface area contributed by atoms with Crippen molar-refractivity contribution in [1.82, 2.24) is 0 Å². The molecule has 6 heteroatoms. The molecule has 0 aliphatic rings. The number of benzene rings is 2. The number of nitrogens with one attached hydrogen (secondary N) is 1. The van der Waals surface area contributed by atoms with Gasteiger partial charge in [-0.15, -0.1) is 0 Å². The van der Waals surface area contributed by atoms with E-state index in [1.165, 1.54) is 6.07 Å². The molecule has 126 valence electrons. The fraction of sp³-hybridized carbons (Fsp3) is 0.222. The number of carbonyl (C=O) groups excluding carboxylic acids is 2. The molecule has 0 unspecified atom stereocenters. The molecule has 2 rings (SSSR count). The summed E-state index contributed by atoms with van der Waals surface area (Å²) in [6.07, 6.45) is 0. The minimum absolute atomic E-state index is 0.486. The van der Waals surface area contributed by atoms with Gasteiger partial charge in [-0.1, -0.05) is 23.8 Å². The lowest BCUT2D eigenvalue weighted by Gasteiger charge is -2.22. The quantitative estimate of drug-likeness (QED) is 0.930. The van der Waals surface area contributed by atoms with Gasteiger partial charge in [-0.2, -0.15) is 0 Å². The smallest absolute Gasteiger partial charge is 0.244 e. The van der Waals surface area contributed by atoms with E-state index in [2.05, 4.69) is 5.32 Å². The van der Waals surface area contributed by atoms with Gasteiger partial charge < -0.3 is 5.32 Å². The summed E-state index contributed by atoms with van der Waals surface area (Å²) < 4.78 is 27.8. The molecule has 24 heavy (non-hydrogen) atoms. The molecule has 0 aliphatic heterocycles. The lowest BCUT2D eigenvalue weighted by molar-refractivity contribution is -0.120. The summed E-state index contributed by atoms with van der Waals surface area (Å²) in [5.74, 6) is -2.97. The highest BCUT2D eigenvalue weighted by molar-refractivity contribution is 6.02. The first-order valence-corrected chi connectivity index (χ1v) is 7.39. The van der Waals surface area contributed by atoms with E-state index in [-0.39, 0.29) is 0 Å². The van der Waals surface area contributed by atoms with E-state index in [0.717, 1.165) is 35.1 Å². The van der Waals surface area contributed by atoms with Crippen LogP contribution in [0.5, 0.6) is 0 Å². The van der Waals surface area contributed by atoms with Crippen LogP contribution in [0.15, 0.2) is 36.4 Å². The van der Waals surface area contributed by atoms with Crippen molar-refractivity contribution in [2.75, 3.05) is 16.8 Å². The highest BCUT2D eigenvalue weighted by Gasteiger charge is 2.22. The Kier molecular flexibility index (Phi) is 5.28. The monoisotopic (exact) mass is 332 g/mol. The van der Waals surface area contributed by atoms with Gasteiger partial charge in [0.1, 0.15) is 23.9 Å². The van der Waals surface area contributed by atoms with Gasteiger partial charge in [0.2, 0.25) is 11.8 Å². The molecular formula is C18H18F2N2O2. The molecular weight excluding hydrogens is 314 g/mol. The largest absolute Gasteiger partial charge is 0.324 e. The van der Waals surface area contributed by atoms with Crippen LogP contribution in [0.3, 0.4) is 0 Å². The Morgan fingerprint density at radius 2 is 1.71 bits per heavy atom. The second-order valence-electron chi connectivity index (χ2n) is 5.54. The number of nitrogens with zero attached hydrogens (tertiary/aromatic N) is 1. The molecule has 2 amide bonds. The van der Waals surface area contributed by atoms with Gasteiger partial charge in [0.15, 0.2) is 0 Å². The Hall–Kier alpha value is -2.76. The number of hydrogen-bond donors (Lipinski definition) is 1. The van der Waals surface area contributed by atoms with Gasteiger partial charge in [-0.05, 0) is 37.6 Å². The molecule has 0 heterocycles. The first-order chi connectivity index (χ1) is 11.3. The van der Waals surface area contributed by atoms with Gasteiger partial charge in [0, 0.05) is 12.6 Å². The molecule has 4 nitrogen and oxygen atoms in total. The number of rotatable bonds is 4. The van der Waals surface area contributed by atoms with Crippen molar-refractivity contribution in [3.05, 3.63) is 59.2 Å². The lowest BCUT2D eigenvalue weighted by Crippen LogP contribution is -2.38. The SMILES string of the molecule is CC(=O)N(CC(=O)Nc1ccc(C)cc1C)c1c(F)cccc1F. The van der Waals surface area contributed by atoms with Crippen molar-refractivity contribution in [1.29, 1.82) is 0 Å². The van der Waals surface area contributed by atoms with Crippen LogP contribution < -0.4 is 10.2 Å². The van der Waals surface area contributed by atoms with Crippen molar-refractivity contribution in [2.45, 2.75) is 20.8 Å². The highest BCUT2D eigenvalue weighted by atomic mass is 19.1. The van der Waals surface area contributed by atoms with Crippen LogP contribution in [0, 0.1) is 25.5 Å². The first kappa shape index (κ1) is 17.6. The summed E-state index contributed by atoms with van der Waals surface area (Å²) in [6, 6.07) is 8.75. The van der Waals surface area contributed by atoms with E-state index < -0.39 is 35.7 Å². The topological polar surface area (TPSA) is 49.4 Å². The Bertz CT molecular complexity index is 770. The van der Waals surface area contributed by atoms with Crippen molar-refractivity contribution < 1.29 is 18.4 Å². The summed E-state index contributed by atoms with van der Waals surface area (Å²) in [6.45, 7) is 4.43. The van der Waals surface area contributed by atoms with Crippen molar-refractivity contribution >= 4 is 23.2 Å². The summed E-state index contributed by atoms with van der Waals surface area (Å²) in [7, 11) is 0. The minimum atomic E-state index is -0.899. The normalized spacial score (nSPS) is 10.4. The molecule has 0 saturated heterocycles. The fourth-order valence-corrected chi connectivity index (χ4v) is 2.38. The van der Waals surface area contributed by atoms with Gasteiger partial charge in [0.05, 0.1) is 0 Å². The molecule has 0 fully saturated rings. The Balaban J connectivity index is 2.22. The van der Waals surface area contributed by atoms with Crippen molar-refractivity contribution in [3.8, 4) is 0 Å². The van der Waals surface area contributed by atoms with E-state index in [4.69, 9.17) is 0 Å². The number of aryl methyl sites for hydroxylation is 2. The van der Waals surface area contributed by atoms with Crippen LogP contribution in [0.2, 0.25) is 0 Å². The van der Waals surface area contributed by atoms with Crippen LogP contribution in [0.25, 0.3) is 0 Å². The second-order valence-corrected chi connectivity index (χ2v) is 5.54. The van der Waals surface area contributed by atoms with Crippen molar-refractivity contribution in [2.24, 2.45) is 0 Å². The summed E-state index contributed by atoms with van der Waals surface area (Å²) in [5.41, 5.74) is 1.96. The van der Waals surface area contributed by atoms with Crippen LogP contribution >= 0.6 is 0 Å². The number of anilines is 2. The molecule has 0 spiro atoms. The van der Waals surface area contributed by atoms with Crippen LogP contribution in [0.4, 0.5) is 20.2 Å².